The lowest BCUT2D eigenvalue weighted by Crippen LogP contribution is -2.33. The molecule has 0 saturated carbocycles. The summed E-state index contributed by atoms with van der Waals surface area (Å²) in [5.41, 5.74) is 0. The maximum absolute atomic E-state index is 9.56. The molecule has 0 radical (unpaired) electrons. The van der Waals surface area contributed by atoms with Crippen molar-refractivity contribution < 1.29 is 24.4 Å². The number of aliphatic hydroxyl groups is 2. The summed E-state index contributed by atoms with van der Waals surface area (Å²) in [6.45, 7) is 5.38. The zero-order chi connectivity index (χ0) is 13.6. The van der Waals surface area contributed by atoms with Crippen LogP contribution in [0.4, 0.5) is 0 Å². The van der Waals surface area contributed by atoms with Gasteiger partial charge in [-0.2, -0.15) is 0 Å². The fourth-order valence-corrected chi connectivity index (χ4v) is 1.35. The molecule has 2 atom stereocenters. The molecular weight excluding hydrogens is 238 g/mol. The van der Waals surface area contributed by atoms with Gasteiger partial charge in [0.25, 0.3) is 0 Å². The normalized spacial score (nSPS) is 14.7. The van der Waals surface area contributed by atoms with Crippen molar-refractivity contribution >= 4 is 0 Å². The van der Waals surface area contributed by atoms with E-state index >= 15 is 0 Å². The molecule has 0 fully saturated rings. The Kier molecular flexibility index (Phi) is 13.0. The van der Waals surface area contributed by atoms with E-state index in [9.17, 15) is 10.2 Å². The highest BCUT2D eigenvalue weighted by Crippen LogP contribution is 1.91. The second kappa shape index (κ2) is 13.2. The van der Waals surface area contributed by atoms with Crippen molar-refractivity contribution in [1.82, 2.24) is 5.32 Å². The average molecular weight is 265 g/mol. The zero-order valence-electron chi connectivity index (χ0n) is 11.4. The van der Waals surface area contributed by atoms with Crippen LogP contribution in [0.1, 0.15) is 13.3 Å². The Morgan fingerprint density at radius 3 is 2.44 bits per heavy atom. The summed E-state index contributed by atoms with van der Waals surface area (Å²) in [5, 5.41) is 22.0. The first kappa shape index (κ1) is 17.8. The van der Waals surface area contributed by atoms with E-state index in [0.29, 0.717) is 52.5 Å². The highest BCUT2D eigenvalue weighted by molar-refractivity contribution is 4.61. The van der Waals surface area contributed by atoms with E-state index in [0.717, 1.165) is 0 Å². The summed E-state index contributed by atoms with van der Waals surface area (Å²) in [6.07, 6.45) is -0.389. The van der Waals surface area contributed by atoms with Crippen LogP contribution in [0.15, 0.2) is 0 Å². The molecule has 0 aromatic carbocycles. The molecule has 18 heavy (non-hydrogen) atoms. The van der Waals surface area contributed by atoms with Gasteiger partial charge in [-0.05, 0) is 19.9 Å². The van der Waals surface area contributed by atoms with E-state index in [2.05, 4.69) is 5.32 Å². The van der Waals surface area contributed by atoms with Crippen LogP contribution < -0.4 is 5.32 Å². The minimum Gasteiger partial charge on any atom is -0.391 e. The van der Waals surface area contributed by atoms with Crippen molar-refractivity contribution in [1.29, 1.82) is 0 Å². The van der Waals surface area contributed by atoms with E-state index in [4.69, 9.17) is 14.2 Å². The average Bonchev–Trinajstić information content (AvgIpc) is 2.35. The number of methoxy groups -OCH3 is 1. The molecule has 0 aliphatic rings. The Morgan fingerprint density at radius 1 is 1.06 bits per heavy atom. The number of rotatable bonds is 13. The van der Waals surface area contributed by atoms with Crippen LogP contribution in [0, 0.1) is 0 Å². The van der Waals surface area contributed by atoms with Crippen LogP contribution in [-0.2, 0) is 14.2 Å². The van der Waals surface area contributed by atoms with Gasteiger partial charge in [0.15, 0.2) is 0 Å². The van der Waals surface area contributed by atoms with Crippen molar-refractivity contribution in [2.24, 2.45) is 0 Å². The van der Waals surface area contributed by atoms with Gasteiger partial charge in [0.1, 0.15) is 0 Å². The van der Waals surface area contributed by atoms with Gasteiger partial charge in [-0.1, -0.05) is 0 Å². The summed E-state index contributed by atoms with van der Waals surface area (Å²) in [4.78, 5) is 0. The molecule has 6 heteroatoms. The standard InChI is InChI=1S/C12H27NO5/c1-3-17-6-7-18-10-12(15)8-13-5-4-11(14)9-16-2/h11-15H,3-10H2,1-2H3. The maximum Gasteiger partial charge on any atom is 0.0897 e. The van der Waals surface area contributed by atoms with Gasteiger partial charge >= 0.3 is 0 Å². The van der Waals surface area contributed by atoms with Gasteiger partial charge in [0.05, 0.1) is 38.6 Å². The summed E-state index contributed by atoms with van der Waals surface area (Å²) < 4.78 is 15.1. The Bertz CT molecular complexity index is 171. The second-order valence-corrected chi connectivity index (χ2v) is 4.03. The number of nitrogens with one attached hydrogen (secondary N) is 1. The van der Waals surface area contributed by atoms with Crippen molar-refractivity contribution in [3.8, 4) is 0 Å². The largest absolute Gasteiger partial charge is 0.391 e. The molecule has 0 rings (SSSR count). The first-order chi connectivity index (χ1) is 8.70. The molecule has 2 unspecified atom stereocenters. The van der Waals surface area contributed by atoms with Gasteiger partial charge in [-0.25, -0.2) is 0 Å². The van der Waals surface area contributed by atoms with Crippen LogP contribution in [0.3, 0.4) is 0 Å². The van der Waals surface area contributed by atoms with Crippen molar-refractivity contribution in [3.05, 3.63) is 0 Å². The lowest BCUT2D eigenvalue weighted by atomic mass is 10.2. The fourth-order valence-electron chi connectivity index (χ4n) is 1.35. The number of ether oxygens (including phenoxy) is 3. The molecule has 6 nitrogen and oxygen atoms in total. The smallest absolute Gasteiger partial charge is 0.0897 e. The summed E-state index contributed by atoms with van der Waals surface area (Å²) in [6, 6.07) is 0. The highest BCUT2D eigenvalue weighted by atomic mass is 16.5. The third-order valence-corrected chi connectivity index (χ3v) is 2.28. The topological polar surface area (TPSA) is 80.2 Å². The molecule has 0 bridgehead atoms. The molecule has 0 aromatic heterocycles. The Hall–Kier alpha value is -0.240. The number of aliphatic hydroxyl groups excluding tert-OH is 2. The van der Waals surface area contributed by atoms with Gasteiger partial charge in [0, 0.05) is 20.3 Å². The van der Waals surface area contributed by atoms with Gasteiger partial charge in [-0.15, -0.1) is 0 Å². The molecule has 0 amide bonds. The summed E-state index contributed by atoms with van der Waals surface area (Å²) in [7, 11) is 1.56. The van der Waals surface area contributed by atoms with Crippen LogP contribution >= 0.6 is 0 Å². The van der Waals surface area contributed by atoms with Crippen LogP contribution in [0.5, 0.6) is 0 Å². The monoisotopic (exact) mass is 265 g/mol. The molecule has 0 aliphatic heterocycles. The van der Waals surface area contributed by atoms with Crippen LogP contribution in [0.2, 0.25) is 0 Å². The molecular formula is C12H27NO5. The number of hydrogen-bond acceptors (Lipinski definition) is 6. The van der Waals surface area contributed by atoms with Crippen LogP contribution in [0.25, 0.3) is 0 Å². The Labute approximate surface area is 109 Å². The minimum absolute atomic E-state index is 0.292. The first-order valence-electron chi connectivity index (χ1n) is 6.42. The SMILES string of the molecule is CCOCCOCC(O)CNCCC(O)COC. The quantitative estimate of drug-likeness (QED) is 0.385. The first-order valence-corrected chi connectivity index (χ1v) is 6.42. The van der Waals surface area contributed by atoms with E-state index in [1.165, 1.54) is 0 Å². The van der Waals surface area contributed by atoms with Gasteiger partial charge < -0.3 is 29.7 Å². The van der Waals surface area contributed by atoms with E-state index in [1.54, 1.807) is 7.11 Å². The van der Waals surface area contributed by atoms with Crippen molar-refractivity contribution in [2.75, 3.05) is 53.2 Å². The third kappa shape index (κ3) is 12.2. The van der Waals surface area contributed by atoms with Gasteiger partial charge in [0.2, 0.25) is 0 Å². The third-order valence-electron chi connectivity index (χ3n) is 2.28. The van der Waals surface area contributed by atoms with E-state index < -0.39 is 12.2 Å². The molecule has 0 aliphatic carbocycles. The zero-order valence-corrected chi connectivity index (χ0v) is 11.4. The molecule has 0 heterocycles. The van der Waals surface area contributed by atoms with Crippen molar-refractivity contribution in [3.63, 3.8) is 0 Å². The fraction of sp³-hybridized carbons (Fsp3) is 1.00. The predicted octanol–water partition coefficient (Wildman–Crippen LogP) is -0.613. The molecule has 0 aromatic rings. The Balaban J connectivity index is 3.23. The van der Waals surface area contributed by atoms with E-state index in [-0.39, 0.29) is 0 Å². The summed E-state index contributed by atoms with van der Waals surface area (Å²) in [5.74, 6) is 0. The molecule has 0 saturated heterocycles. The minimum atomic E-state index is -0.536. The highest BCUT2D eigenvalue weighted by Gasteiger charge is 2.05. The van der Waals surface area contributed by atoms with Gasteiger partial charge in [-0.3, -0.25) is 0 Å². The molecule has 0 spiro atoms. The molecule has 3 N–H and O–H groups in total. The Morgan fingerprint density at radius 2 is 1.78 bits per heavy atom. The van der Waals surface area contributed by atoms with Crippen molar-refractivity contribution in [2.45, 2.75) is 25.6 Å². The summed E-state index contributed by atoms with van der Waals surface area (Å²) >= 11 is 0. The van der Waals surface area contributed by atoms with E-state index in [1.807, 2.05) is 6.92 Å². The number of hydrogen-bond donors (Lipinski definition) is 3. The predicted molar refractivity (Wildman–Crippen MR) is 68.7 cm³/mol. The lowest BCUT2D eigenvalue weighted by molar-refractivity contribution is 0.00597. The maximum atomic E-state index is 9.56. The second-order valence-electron chi connectivity index (χ2n) is 4.03. The molecule has 110 valence electrons. The lowest BCUT2D eigenvalue weighted by Gasteiger charge is -2.14. The van der Waals surface area contributed by atoms with Crippen LogP contribution in [-0.4, -0.2) is 75.7 Å².